The van der Waals surface area contributed by atoms with Gasteiger partial charge in [-0.2, -0.15) is 13.2 Å². The van der Waals surface area contributed by atoms with E-state index in [0.717, 1.165) is 12.1 Å². The number of nitrogens with one attached hydrogen (secondary N) is 1. The number of carboxylic acid groups (broad SMARTS) is 1. The van der Waals surface area contributed by atoms with E-state index >= 15 is 0 Å². The van der Waals surface area contributed by atoms with E-state index in [0.29, 0.717) is 22.0 Å². The van der Waals surface area contributed by atoms with Gasteiger partial charge in [0.15, 0.2) is 5.82 Å². The fourth-order valence-corrected chi connectivity index (χ4v) is 3.27. The molecule has 0 fully saturated rings. The molecule has 1 aromatic heterocycles. The third kappa shape index (κ3) is 4.18. The van der Waals surface area contributed by atoms with E-state index in [-0.39, 0.29) is 22.8 Å². The Hall–Kier alpha value is -4.14. The van der Waals surface area contributed by atoms with E-state index in [1.54, 1.807) is 30.3 Å². The fraction of sp³-hybridized carbons (Fsp3) is 0.0870. The van der Waals surface area contributed by atoms with Gasteiger partial charge in [-0.05, 0) is 24.3 Å². The van der Waals surface area contributed by atoms with Crippen LogP contribution < -0.4 is 10.1 Å². The maximum Gasteiger partial charge on any atom is 0.416 e. The molecule has 0 spiro atoms. The van der Waals surface area contributed by atoms with Crippen LogP contribution in [0.5, 0.6) is 5.75 Å². The van der Waals surface area contributed by atoms with Crippen LogP contribution in [0.3, 0.4) is 0 Å². The molecule has 2 N–H and O–H groups in total. The lowest BCUT2D eigenvalue weighted by molar-refractivity contribution is -0.137. The molecule has 162 valence electrons. The third-order valence-electron chi connectivity index (χ3n) is 4.82. The van der Waals surface area contributed by atoms with Crippen LogP contribution in [0, 0.1) is 0 Å². The normalized spacial score (nSPS) is 11.4. The number of hydrogen-bond donors (Lipinski definition) is 2. The Morgan fingerprint density at radius 1 is 0.969 bits per heavy atom. The average molecular weight is 439 g/mol. The number of carboxylic acids is 1. The minimum atomic E-state index is -4.54. The molecule has 0 atom stereocenters. The van der Waals surface area contributed by atoms with Gasteiger partial charge in [0.25, 0.3) is 0 Å². The Morgan fingerprint density at radius 3 is 2.28 bits per heavy atom. The molecule has 32 heavy (non-hydrogen) atoms. The molecule has 0 aliphatic heterocycles. The largest absolute Gasteiger partial charge is 0.497 e. The molecule has 0 aliphatic carbocycles. The van der Waals surface area contributed by atoms with Crippen molar-refractivity contribution in [1.82, 2.24) is 10.2 Å². The van der Waals surface area contributed by atoms with E-state index in [1.165, 1.54) is 25.3 Å². The highest BCUT2D eigenvalue weighted by atomic mass is 19.4. The second kappa shape index (κ2) is 8.18. The summed E-state index contributed by atoms with van der Waals surface area (Å²) >= 11 is 0. The molecule has 4 rings (SSSR count). The lowest BCUT2D eigenvalue weighted by Crippen LogP contribution is -2.07. The first-order chi connectivity index (χ1) is 15.3. The number of anilines is 2. The first-order valence-electron chi connectivity index (χ1n) is 9.39. The minimum Gasteiger partial charge on any atom is -0.497 e. The Morgan fingerprint density at radius 2 is 1.66 bits per heavy atom. The number of fused-ring (bicyclic) bond motifs is 1. The van der Waals surface area contributed by atoms with Gasteiger partial charge >= 0.3 is 12.1 Å². The topological polar surface area (TPSA) is 84.3 Å². The van der Waals surface area contributed by atoms with Gasteiger partial charge in [0.2, 0.25) is 0 Å². The van der Waals surface area contributed by atoms with Gasteiger partial charge in [-0.3, -0.25) is 0 Å². The number of benzene rings is 3. The van der Waals surface area contributed by atoms with Crippen molar-refractivity contribution in [3.05, 3.63) is 77.9 Å². The Bertz CT molecular complexity index is 1310. The predicted octanol–water partition coefficient (Wildman–Crippen LogP) is 5.77. The fourth-order valence-electron chi connectivity index (χ4n) is 3.27. The van der Waals surface area contributed by atoms with Crippen molar-refractivity contribution in [3.8, 4) is 17.0 Å². The SMILES string of the molecule is COc1cc(Nc2nnc(-c3ccc(C(=O)O)cc3)c3ccccc23)cc(C(F)(F)F)c1. The van der Waals surface area contributed by atoms with Gasteiger partial charge < -0.3 is 15.2 Å². The molecule has 0 amide bonds. The number of ether oxygens (including phenoxy) is 1. The molecule has 6 nitrogen and oxygen atoms in total. The zero-order valence-electron chi connectivity index (χ0n) is 16.6. The average Bonchev–Trinajstić information content (AvgIpc) is 2.78. The van der Waals surface area contributed by atoms with Crippen molar-refractivity contribution in [2.45, 2.75) is 6.18 Å². The molecule has 0 saturated heterocycles. The molecule has 0 saturated carbocycles. The van der Waals surface area contributed by atoms with E-state index < -0.39 is 17.7 Å². The van der Waals surface area contributed by atoms with Crippen molar-refractivity contribution >= 4 is 28.2 Å². The Balaban J connectivity index is 1.78. The summed E-state index contributed by atoms with van der Waals surface area (Å²) in [5.41, 5.74) is 0.611. The van der Waals surface area contributed by atoms with Crippen LogP contribution in [0.2, 0.25) is 0 Å². The number of nitrogens with zero attached hydrogens (tertiary/aromatic N) is 2. The number of hydrogen-bond acceptors (Lipinski definition) is 5. The van der Waals surface area contributed by atoms with Gasteiger partial charge in [0.05, 0.1) is 18.2 Å². The van der Waals surface area contributed by atoms with Gasteiger partial charge in [0, 0.05) is 28.1 Å². The number of halogens is 3. The van der Waals surface area contributed by atoms with Crippen molar-refractivity contribution in [3.63, 3.8) is 0 Å². The highest BCUT2D eigenvalue weighted by Gasteiger charge is 2.31. The molecule has 0 aliphatic rings. The molecule has 0 radical (unpaired) electrons. The summed E-state index contributed by atoms with van der Waals surface area (Å²) < 4.78 is 44.7. The Kier molecular flexibility index (Phi) is 5.40. The van der Waals surface area contributed by atoms with Gasteiger partial charge in [0.1, 0.15) is 11.4 Å². The highest BCUT2D eigenvalue weighted by molar-refractivity contribution is 6.01. The first-order valence-corrected chi connectivity index (χ1v) is 9.39. The number of alkyl halides is 3. The zero-order valence-corrected chi connectivity index (χ0v) is 16.6. The van der Waals surface area contributed by atoms with E-state index in [4.69, 9.17) is 9.84 Å². The van der Waals surface area contributed by atoms with Crippen LogP contribution in [0.4, 0.5) is 24.7 Å². The molecule has 3 aromatic carbocycles. The molecule has 1 heterocycles. The van der Waals surface area contributed by atoms with Crippen LogP contribution >= 0.6 is 0 Å². The van der Waals surface area contributed by atoms with E-state index in [2.05, 4.69) is 15.5 Å². The molecule has 0 unspecified atom stereocenters. The minimum absolute atomic E-state index is 0.0507. The maximum atomic E-state index is 13.2. The summed E-state index contributed by atoms with van der Waals surface area (Å²) in [6.45, 7) is 0. The summed E-state index contributed by atoms with van der Waals surface area (Å²) in [7, 11) is 1.29. The highest BCUT2D eigenvalue weighted by Crippen LogP contribution is 2.36. The first kappa shape index (κ1) is 21.1. The lowest BCUT2D eigenvalue weighted by Gasteiger charge is -2.14. The predicted molar refractivity (Wildman–Crippen MR) is 113 cm³/mol. The van der Waals surface area contributed by atoms with Gasteiger partial charge in [-0.25, -0.2) is 4.79 Å². The van der Waals surface area contributed by atoms with Crippen LogP contribution in [-0.4, -0.2) is 28.4 Å². The maximum absolute atomic E-state index is 13.2. The van der Waals surface area contributed by atoms with E-state index in [9.17, 15) is 18.0 Å². The molecular weight excluding hydrogens is 423 g/mol. The van der Waals surface area contributed by atoms with Gasteiger partial charge in [-0.15, -0.1) is 10.2 Å². The van der Waals surface area contributed by atoms with Crippen LogP contribution in [-0.2, 0) is 6.18 Å². The number of aromatic carboxylic acids is 1. The quantitative estimate of drug-likeness (QED) is 0.411. The summed E-state index contributed by atoms with van der Waals surface area (Å²) in [4.78, 5) is 11.1. The van der Waals surface area contributed by atoms with Crippen LogP contribution in [0.15, 0.2) is 66.7 Å². The van der Waals surface area contributed by atoms with E-state index in [1.807, 2.05) is 6.07 Å². The number of aromatic nitrogens is 2. The third-order valence-corrected chi connectivity index (χ3v) is 4.82. The monoisotopic (exact) mass is 439 g/mol. The Labute approximate surface area is 180 Å². The van der Waals surface area contributed by atoms with Crippen molar-refractivity contribution in [2.75, 3.05) is 12.4 Å². The van der Waals surface area contributed by atoms with Crippen LogP contribution in [0.1, 0.15) is 15.9 Å². The van der Waals surface area contributed by atoms with Crippen LogP contribution in [0.25, 0.3) is 22.0 Å². The summed E-state index contributed by atoms with van der Waals surface area (Å²) in [6.07, 6.45) is -4.54. The second-order valence-electron chi connectivity index (χ2n) is 6.90. The zero-order chi connectivity index (χ0) is 22.9. The summed E-state index contributed by atoms with van der Waals surface area (Å²) in [5, 5.41) is 21.8. The molecule has 4 aromatic rings. The van der Waals surface area contributed by atoms with Crippen molar-refractivity contribution in [2.24, 2.45) is 0 Å². The van der Waals surface area contributed by atoms with Gasteiger partial charge in [-0.1, -0.05) is 36.4 Å². The molecule has 9 heteroatoms. The smallest absolute Gasteiger partial charge is 0.416 e. The molecular formula is C23H16F3N3O3. The lowest BCUT2D eigenvalue weighted by atomic mass is 10.0. The number of carbonyl (C=O) groups is 1. The standard InChI is InChI=1S/C23H16F3N3O3/c1-32-17-11-15(23(24,25)26)10-16(12-17)27-21-19-5-3-2-4-18(19)20(28-29-21)13-6-8-14(9-7-13)22(30)31/h2-12H,1H3,(H,27,29)(H,30,31). The van der Waals surface area contributed by atoms with Crippen molar-refractivity contribution in [1.29, 1.82) is 0 Å². The summed E-state index contributed by atoms with van der Waals surface area (Å²) in [5.74, 6) is -0.717. The number of rotatable bonds is 5. The molecule has 0 bridgehead atoms. The summed E-state index contributed by atoms with van der Waals surface area (Å²) in [6, 6.07) is 16.7. The van der Waals surface area contributed by atoms with Crippen molar-refractivity contribution < 1.29 is 27.8 Å². The number of methoxy groups -OCH3 is 1. The second-order valence-corrected chi connectivity index (χ2v) is 6.90.